The van der Waals surface area contributed by atoms with Gasteiger partial charge in [0.2, 0.25) is 17.3 Å². The van der Waals surface area contributed by atoms with Crippen molar-refractivity contribution in [3.63, 3.8) is 0 Å². The van der Waals surface area contributed by atoms with E-state index in [2.05, 4.69) is 55.2 Å². The standard InChI is InChI=1S/C20H23N3O2/c1-13(2)10-15-6-5-7-16(11-15)14(3)20-21-19(22-25-20)17-8-9-18(24)23(4)12-17/h5-9,11-14H,10H2,1-4H3. The summed E-state index contributed by atoms with van der Waals surface area (Å²) in [7, 11) is 1.70. The summed E-state index contributed by atoms with van der Waals surface area (Å²) in [5, 5.41) is 4.07. The Morgan fingerprint density at radius 3 is 2.68 bits per heavy atom. The molecule has 130 valence electrons. The highest BCUT2D eigenvalue weighted by Gasteiger charge is 2.18. The van der Waals surface area contributed by atoms with E-state index in [0.717, 1.165) is 17.5 Å². The van der Waals surface area contributed by atoms with Gasteiger partial charge in [-0.25, -0.2) is 0 Å². The van der Waals surface area contributed by atoms with E-state index in [1.54, 1.807) is 19.3 Å². The molecule has 5 nitrogen and oxygen atoms in total. The molecule has 1 aromatic carbocycles. The van der Waals surface area contributed by atoms with Crippen LogP contribution in [0.4, 0.5) is 0 Å². The normalized spacial score (nSPS) is 12.5. The average molecular weight is 337 g/mol. The van der Waals surface area contributed by atoms with E-state index in [1.807, 2.05) is 0 Å². The van der Waals surface area contributed by atoms with Crippen LogP contribution in [0.25, 0.3) is 11.4 Å². The number of aryl methyl sites for hydroxylation is 1. The summed E-state index contributed by atoms with van der Waals surface area (Å²) >= 11 is 0. The number of benzene rings is 1. The Labute approximate surface area is 147 Å². The first-order chi connectivity index (χ1) is 11.9. The van der Waals surface area contributed by atoms with Crippen molar-refractivity contribution < 1.29 is 4.52 Å². The summed E-state index contributed by atoms with van der Waals surface area (Å²) in [6, 6.07) is 11.7. The molecule has 2 heterocycles. The molecule has 0 aliphatic rings. The summed E-state index contributed by atoms with van der Waals surface area (Å²) in [6.45, 7) is 6.49. The van der Waals surface area contributed by atoms with Crippen molar-refractivity contribution in [3.8, 4) is 11.4 Å². The molecule has 1 atom stereocenters. The Bertz CT molecular complexity index is 924. The Morgan fingerprint density at radius 1 is 1.16 bits per heavy atom. The van der Waals surface area contributed by atoms with Crippen molar-refractivity contribution in [2.75, 3.05) is 0 Å². The Kier molecular flexibility index (Phi) is 4.83. The van der Waals surface area contributed by atoms with Crippen LogP contribution in [0.15, 0.2) is 51.9 Å². The van der Waals surface area contributed by atoms with E-state index in [0.29, 0.717) is 17.6 Å². The van der Waals surface area contributed by atoms with Crippen LogP contribution in [0.5, 0.6) is 0 Å². The van der Waals surface area contributed by atoms with Gasteiger partial charge in [-0.05, 0) is 36.5 Å². The van der Waals surface area contributed by atoms with Gasteiger partial charge in [-0.1, -0.05) is 43.3 Å². The third kappa shape index (κ3) is 3.87. The molecule has 2 aromatic heterocycles. The van der Waals surface area contributed by atoms with Gasteiger partial charge in [-0.2, -0.15) is 4.98 Å². The smallest absolute Gasteiger partial charge is 0.250 e. The predicted molar refractivity (Wildman–Crippen MR) is 97.5 cm³/mol. The van der Waals surface area contributed by atoms with Crippen LogP contribution in [0.3, 0.4) is 0 Å². The quantitative estimate of drug-likeness (QED) is 0.711. The molecule has 0 fully saturated rings. The van der Waals surface area contributed by atoms with Crippen LogP contribution in [0.2, 0.25) is 0 Å². The first kappa shape index (κ1) is 17.1. The minimum atomic E-state index is -0.0668. The van der Waals surface area contributed by atoms with E-state index in [4.69, 9.17) is 4.52 Å². The summed E-state index contributed by atoms with van der Waals surface area (Å²) in [6.07, 6.45) is 2.76. The average Bonchev–Trinajstić information content (AvgIpc) is 3.06. The molecule has 0 aliphatic heterocycles. The van der Waals surface area contributed by atoms with Gasteiger partial charge in [-0.3, -0.25) is 4.79 Å². The van der Waals surface area contributed by atoms with Gasteiger partial charge in [0.15, 0.2) is 0 Å². The molecule has 0 aliphatic carbocycles. The number of nitrogens with zero attached hydrogens (tertiary/aromatic N) is 3. The van der Waals surface area contributed by atoms with Gasteiger partial charge in [-0.15, -0.1) is 0 Å². The fourth-order valence-corrected chi connectivity index (χ4v) is 2.86. The maximum atomic E-state index is 11.5. The van der Waals surface area contributed by atoms with Crippen LogP contribution in [0, 0.1) is 5.92 Å². The monoisotopic (exact) mass is 337 g/mol. The van der Waals surface area contributed by atoms with Gasteiger partial charge in [0, 0.05) is 24.9 Å². The van der Waals surface area contributed by atoms with Crippen molar-refractivity contribution >= 4 is 0 Å². The first-order valence-electron chi connectivity index (χ1n) is 8.53. The van der Waals surface area contributed by atoms with E-state index in [9.17, 15) is 4.79 Å². The van der Waals surface area contributed by atoms with Crippen molar-refractivity contribution in [2.24, 2.45) is 13.0 Å². The zero-order valence-corrected chi connectivity index (χ0v) is 15.1. The molecule has 0 bridgehead atoms. The Morgan fingerprint density at radius 2 is 1.96 bits per heavy atom. The molecule has 0 saturated heterocycles. The summed E-state index contributed by atoms with van der Waals surface area (Å²) in [5.74, 6) is 1.70. The molecule has 0 N–H and O–H groups in total. The second-order valence-electron chi connectivity index (χ2n) is 6.89. The third-order valence-corrected chi connectivity index (χ3v) is 4.25. The van der Waals surface area contributed by atoms with Crippen molar-refractivity contribution in [1.29, 1.82) is 0 Å². The van der Waals surface area contributed by atoms with E-state index < -0.39 is 0 Å². The highest BCUT2D eigenvalue weighted by molar-refractivity contribution is 5.52. The van der Waals surface area contributed by atoms with Gasteiger partial charge in [0.25, 0.3) is 0 Å². The fourth-order valence-electron chi connectivity index (χ4n) is 2.86. The molecule has 3 aromatic rings. The van der Waals surface area contributed by atoms with Crippen LogP contribution >= 0.6 is 0 Å². The van der Waals surface area contributed by atoms with Crippen molar-refractivity contribution in [2.45, 2.75) is 33.1 Å². The summed E-state index contributed by atoms with van der Waals surface area (Å²) in [5.41, 5.74) is 3.17. The Balaban J connectivity index is 1.86. The number of pyridine rings is 1. The molecule has 0 radical (unpaired) electrons. The lowest BCUT2D eigenvalue weighted by Crippen LogP contribution is -2.14. The van der Waals surface area contributed by atoms with Crippen LogP contribution in [-0.4, -0.2) is 14.7 Å². The SMILES string of the molecule is CC(C)Cc1cccc(C(C)c2nc(-c3ccc(=O)n(C)c3)no2)c1. The Hall–Kier alpha value is -2.69. The van der Waals surface area contributed by atoms with Crippen molar-refractivity contribution in [1.82, 2.24) is 14.7 Å². The zero-order valence-electron chi connectivity index (χ0n) is 15.1. The van der Waals surface area contributed by atoms with Gasteiger partial charge in [0.1, 0.15) is 0 Å². The number of hydrogen-bond acceptors (Lipinski definition) is 4. The maximum Gasteiger partial charge on any atom is 0.250 e. The minimum absolute atomic E-state index is 0.0147. The van der Waals surface area contributed by atoms with Crippen LogP contribution in [0.1, 0.15) is 43.7 Å². The zero-order chi connectivity index (χ0) is 18.0. The van der Waals surface area contributed by atoms with Gasteiger partial charge < -0.3 is 9.09 Å². The first-order valence-corrected chi connectivity index (χ1v) is 8.53. The molecule has 5 heteroatoms. The lowest BCUT2D eigenvalue weighted by atomic mass is 9.95. The molecular weight excluding hydrogens is 314 g/mol. The molecule has 0 amide bonds. The largest absolute Gasteiger partial charge is 0.338 e. The topological polar surface area (TPSA) is 60.9 Å². The molecule has 1 unspecified atom stereocenters. The number of rotatable bonds is 5. The van der Waals surface area contributed by atoms with E-state index >= 15 is 0 Å². The molecule has 0 spiro atoms. The predicted octanol–water partition coefficient (Wildman–Crippen LogP) is 3.79. The van der Waals surface area contributed by atoms with Crippen LogP contribution < -0.4 is 5.56 Å². The molecule has 3 rings (SSSR count). The fraction of sp³-hybridized carbons (Fsp3) is 0.350. The summed E-state index contributed by atoms with van der Waals surface area (Å²) in [4.78, 5) is 16.0. The highest BCUT2D eigenvalue weighted by Crippen LogP contribution is 2.26. The molecule has 0 saturated carbocycles. The maximum absolute atomic E-state index is 11.5. The second-order valence-corrected chi connectivity index (χ2v) is 6.89. The van der Waals surface area contributed by atoms with E-state index in [1.165, 1.54) is 16.2 Å². The minimum Gasteiger partial charge on any atom is -0.338 e. The lowest BCUT2D eigenvalue weighted by Gasteiger charge is -2.10. The highest BCUT2D eigenvalue weighted by atomic mass is 16.5. The van der Waals surface area contributed by atoms with Crippen LogP contribution in [-0.2, 0) is 13.5 Å². The molecular formula is C20H23N3O2. The van der Waals surface area contributed by atoms with E-state index in [-0.39, 0.29) is 11.5 Å². The van der Waals surface area contributed by atoms with Gasteiger partial charge >= 0.3 is 0 Å². The molecule has 25 heavy (non-hydrogen) atoms. The second kappa shape index (κ2) is 7.05. The third-order valence-electron chi connectivity index (χ3n) is 4.25. The van der Waals surface area contributed by atoms with Crippen molar-refractivity contribution in [3.05, 3.63) is 70.0 Å². The number of hydrogen-bond donors (Lipinski definition) is 0. The van der Waals surface area contributed by atoms with Gasteiger partial charge in [0.05, 0.1) is 5.92 Å². The summed E-state index contributed by atoms with van der Waals surface area (Å²) < 4.78 is 6.98. The lowest BCUT2D eigenvalue weighted by molar-refractivity contribution is 0.371. The number of aromatic nitrogens is 3.